The largest absolute Gasteiger partial charge is 0.365 e. The number of rotatable bonds is 6. The zero-order chi connectivity index (χ0) is 24.1. The van der Waals surface area contributed by atoms with E-state index in [2.05, 4.69) is 11.8 Å². The minimum atomic E-state index is -0.563. The minimum absolute atomic E-state index is 0.0138. The molecule has 1 aliphatic rings. The second kappa shape index (κ2) is 10.3. The molecule has 0 bridgehead atoms. The van der Waals surface area contributed by atoms with Crippen molar-refractivity contribution in [1.29, 1.82) is 0 Å². The van der Waals surface area contributed by atoms with Gasteiger partial charge < -0.3 is 15.5 Å². The normalized spacial score (nSPS) is 13.2. The average molecular weight is 473 g/mol. The average Bonchev–Trinajstić information content (AvgIpc) is 3.31. The minimum Gasteiger partial charge on any atom is -0.365 e. The fourth-order valence-electron chi connectivity index (χ4n) is 3.82. The van der Waals surface area contributed by atoms with E-state index in [-0.39, 0.29) is 11.7 Å². The van der Waals surface area contributed by atoms with Gasteiger partial charge in [-0.05, 0) is 24.5 Å². The topological polar surface area (TPSA) is 96.6 Å². The predicted molar refractivity (Wildman–Crippen MR) is 133 cm³/mol. The lowest BCUT2D eigenvalue weighted by Gasteiger charge is -2.33. The number of carbonyl (C=O) groups is 3. The van der Waals surface area contributed by atoms with E-state index in [9.17, 15) is 14.4 Å². The number of amides is 2. The van der Waals surface area contributed by atoms with Crippen LogP contribution in [0.2, 0.25) is 0 Å². The van der Waals surface area contributed by atoms with Crippen molar-refractivity contribution in [2.45, 2.75) is 13.3 Å². The van der Waals surface area contributed by atoms with Crippen molar-refractivity contribution < 1.29 is 14.4 Å². The number of primary amides is 1. The highest BCUT2D eigenvalue weighted by Crippen LogP contribution is 2.34. The van der Waals surface area contributed by atoms with Crippen molar-refractivity contribution in [2.24, 2.45) is 5.73 Å². The molecule has 1 aliphatic heterocycles. The van der Waals surface area contributed by atoms with E-state index >= 15 is 0 Å². The van der Waals surface area contributed by atoms with Crippen molar-refractivity contribution in [2.75, 3.05) is 31.1 Å². The molecule has 0 saturated carbocycles. The lowest BCUT2D eigenvalue weighted by Crippen LogP contribution is -2.48. The van der Waals surface area contributed by atoms with Crippen LogP contribution >= 0.6 is 11.3 Å². The molecular formula is C26H24N4O3S. The molecule has 1 fully saturated rings. The van der Waals surface area contributed by atoms with Gasteiger partial charge in [-0.1, -0.05) is 65.8 Å². The van der Waals surface area contributed by atoms with Crippen molar-refractivity contribution in [3.63, 3.8) is 0 Å². The fraction of sp³-hybridized carbons (Fsp3) is 0.231. The maximum absolute atomic E-state index is 12.8. The van der Waals surface area contributed by atoms with E-state index in [4.69, 9.17) is 10.7 Å². The number of anilines is 1. The SMILES string of the molecule is CC#CC(=O)N1CCN(c2nc(-c3cccc(C(=O)Cc4ccccc4)c3)c(C(N)=O)s2)CC1. The van der Waals surface area contributed by atoms with Gasteiger partial charge in [0, 0.05) is 43.7 Å². The van der Waals surface area contributed by atoms with Crippen molar-refractivity contribution in [1.82, 2.24) is 9.88 Å². The summed E-state index contributed by atoms with van der Waals surface area (Å²) >= 11 is 1.23. The molecule has 3 aromatic rings. The molecule has 7 nitrogen and oxygen atoms in total. The summed E-state index contributed by atoms with van der Waals surface area (Å²) in [5.74, 6) is 4.44. The van der Waals surface area contributed by atoms with E-state index in [0.29, 0.717) is 59.4 Å². The van der Waals surface area contributed by atoms with Crippen LogP contribution in [-0.2, 0) is 11.2 Å². The number of Topliss-reactive ketones (excluding diaryl/α,β-unsaturated/α-hetero) is 1. The maximum Gasteiger partial charge on any atom is 0.298 e. The van der Waals surface area contributed by atoms with Gasteiger partial charge in [0.25, 0.3) is 11.8 Å². The lowest BCUT2D eigenvalue weighted by atomic mass is 10.00. The summed E-state index contributed by atoms with van der Waals surface area (Å²) in [6.07, 6.45) is 0.292. The first kappa shape index (κ1) is 23.2. The smallest absolute Gasteiger partial charge is 0.298 e. The molecule has 0 aliphatic carbocycles. The Morgan fingerprint density at radius 1 is 1.03 bits per heavy atom. The third kappa shape index (κ3) is 5.16. The molecule has 0 unspecified atom stereocenters. The number of hydrogen-bond donors (Lipinski definition) is 1. The summed E-state index contributed by atoms with van der Waals surface area (Å²) in [6, 6.07) is 16.7. The Labute approximate surface area is 202 Å². The molecule has 1 aromatic heterocycles. The highest BCUT2D eigenvalue weighted by atomic mass is 32.1. The number of benzene rings is 2. The number of nitrogens with two attached hydrogens (primary N) is 1. The first-order valence-electron chi connectivity index (χ1n) is 10.9. The van der Waals surface area contributed by atoms with Gasteiger partial charge in [-0.2, -0.15) is 0 Å². The van der Waals surface area contributed by atoms with Crippen molar-refractivity contribution in [3.05, 3.63) is 70.6 Å². The molecule has 0 atom stereocenters. The third-order valence-corrected chi connectivity index (χ3v) is 6.71. The Hall–Kier alpha value is -3.96. The first-order valence-corrected chi connectivity index (χ1v) is 11.7. The Morgan fingerprint density at radius 3 is 2.44 bits per heavy atom. The lowest BCUT2D eigenvalue weighted by molar-refractivity contribution is -0.125. The highest BCUT2D eigenvalue weighted by molar-refractivity contribution is 7.18. The van der Waals surface area contributed by atoms with Crippen LogP contribution in [0, 0.1) is 11.8 Å². The molecule has 4 rings (SSSR count). The zero-order valence-electron chi connectivity index (χ0n) is 18.8. The predicted octanol–water partition coefficient (Wildman–Crippen LogP) is 3.01. The Balaban J connectivity index is 1.56. The summed E-state index contributed by atoms with van der Waals surface area (Å²) in [6.45, 7) is 3.85. The summed E-state index contributed by atoms with van der Waals surface area (Å²) in [5, 5.41) is 0.665. The number of nitrogens with zero attached hydrogens (tertiary/aromatic N) is 3. The third-order valence-electron chi connectivity index (χ3n) is 5.57. The molecule has 0 radical (unpaired) electrons. The summed E-state index contributed by atoms with van der Waals surface area (Å²) in [5.41, 5.74) is 8.30. The number of ketones is 1. The molecule has 172 valence electrons. The second-order valence-electron chi connectivity index (χ2n) is 7.86. The van der Waals surface area contributed by atoms with E-state index < -0.39 is 5.91 Å². The van der Waals surface area contributed by atoms with E-state index in [1.54, 1.807) is 30.0 Å². The molecule has 0 spiro atoms. The first-order chi connectivity index (χ1) is 16.5. The van der Waals surface area contributed by atoms with Crippen LogP contribution in [0.3, 0.4) is 0 Å². The number of thiazole rings is 1. The highest BCUT2D eigenvalue weighted by Gasteiger charge is 2.25. The Bertz CT molecular complexity index is 1280. The van der Waals surface area contributed by atoms with E-state index in [0.717, 1.165) is 5.56 Å². The summed E-state index contributed by atoms with van der Waals surface area (Å²) < 4.78 is 0. The Morgan fingerprint density at radius 2 is 1.76 bits per heavy atom. The summed E-state index contributed by atoms with van der Waals surface area (Å²) in [4.78, 5) is 45.9. The van der Waals surface area contributed by atoms with Crippen LogP contribution in [0.1, 0.15) is 32.5 Å². The van der Waals surface area contributed by atoms with Crippen LogP contribution in [0.15, 0.2) is 54.6 Å². The van der Waals surface area contributed by atoms with Gasteiger partial charge in [0.1, 0.15) is 4.88 Å². The second-order valence-corrected chi connectivity index (χ2v) is 8.84. The fourth-order valence-corrected chi connectivity index (χ4v) is 4.81. The van der Waals surface area contributed by atoms with Gasteiger partial charge in [-0.25, -0.2) is 4.98 Å². The van der Waals surface area contributed by atoms with Gasteiger partial charge >= 0.3 is 0 Å². The molecule has 1 saturated heterocycles. The van der Waals surface area contributed by atoms with Gasteiger partial charge in [0.05, 0.1) is 5.69 Å². The number of carbonyl (C=O) groups excluding carboxylic acids is 3. The van der Waals surface area contributed by atoms with Crippen LogP contribution < -0.4 is 10.6 Å². The van der Waals surface area contributed by atoms with Crippen LogP contribution in [-0.4, -0.2) is 53.7 Å². The van der Waals surface area contributed by atoms with Gasteiger partial charge in [0.15, 0.2) is 10.9 Å². The van der Waals surface area contributed by atoms with Gasteiger partial charge in [-0.3, -0.25) is 14.4 Å². The molecule has 8 heteroatoms. The monoisotopic (exact) mass is 472 g/mol. The quantitative estimate of drug-likeness (QED) is 0.439. The van der Waals surface area contributed by atoms with Crippen LogP contribution in [0.25, 0.3) is 11.3 Å². The molecule has 34 heavy (non-hydrogen) atoms. The Kier molecular flexibility index (Phi) is 7.04. The van der Waals surface area contributed by atoms with Gasteiger partial charge in [0.2, 0.25) is 0 Å². The number of piperazine rings is 1. The molecule has 2 N–H and O–H groups in total. The van der Waals surface area contributed by atoms with Crippen LogP contribution in [0.4, 0.5) is 5.13 Å². The summed E-state index contributed by atoms with van der Waals surface area (Å²) in [7, 11) is 0. The molecular weight excluding hydrogens is 448 g/mol. The maximum atomic E-state index is 12.8. The van der Waals surface area contributed by atoms with E-state index in [1.807, 2.05) is 41.3 Å². The molecule has 2 amide bonds. The standard InChI is InChI=1S/C26H24N4O3S/c1-2-7-22(32)29-12-14-30(15-13-29)26-28-23(24(34-26)25(27)33)20-11-6-10-19(17-20)21(31)16-18-8-4-3-5-9-18/h3-6,8-11,17H,12-16H2,1H3,(H2,27,33). The number of hydrogen-bond acceptors (Lipinski definition) is 6. The van der Waals surface area contributed by atoms with Crippen molar-refractivity contribution in [3.8, 4) is 23.1 Å². The van der Waals surface area contributed by atoms with Crippen LogP contribution in [0.5, 0.6) is 0 Å². The van der Waals surface area contributed by atoms with E-state index in [1.165, 1.54) is 11.3 Å². The van der Waals surface area contributed by atoms with Gasteiger partial charge in [-0.15, -0.1) is 0 Å². The molecule has 2 heterocycles. The van der Waals surface area contributed by atoms with Crippen molar-refractivity contribution >= 4 is 34.1 Å². The zero-order valence-corrected chi connectivity index (χ0v) is 19.6. The molecule has 2 aromatic carbocycles. The number of aromatic nitrogens is 1.